The Morgan fingerprint density at radius 3 is 2.47 bits per heavy atom. The van der Waals surface area contributed by atoms with Gasteiger partial charge in [-0.1, -0.05) is 57.2 Å². The van der Waals surface area contributed by atoms with E-state index in [2.05, 4.69) is 44.7 Å². The third kappa shape index (κ3) is 10.3. The number of benzene rings is 1. The lowest BCUT2D eigenvalue weighted by Gasteiger charge is -2.33. The van der Waals surface area contributed by atoms with Crippen LogP contribution in [0, 0.1) is 5.92 Å². The Hall–Kier alpha value is -4.24. The number of aromatic nitrogens is 2. The van der Waals surface area contributed by atoms with Crippen molar-refractivity contribution < 1.29 is 24.0 Å². The minimum atomic E-state index is -0.357. The lowest BCUT2D eigenvalue weighted by molar-refractivity contribution is -0.130. The van der Waals surface area contributed by atoms with Gasteiger partial charge in [0.25, 0.3) is 0 Å². The van der Waals surface area contributed by atoms with Crippen LogP contribution in [0.5, 0.6) is 0 Å². The van der Waals surface area contributed by atoms with Crippen LogP contribution in [0.1, 0.15) is 115 Å². The Labute approximate surface area is 361 Å². The monoisotopic (exact) mass is 845 g/mol. The highest BCUT2D eigenvalue weighted by Crippen LogP contribution is 2.58. The molecule has 2 aliphatic carbocycles. The number of likely N-dealkylation sites (tertiary alicyclic amines) is 1. The topological polar surface area (TPSA) is 151 Å². The van der Waals surface area contributed by atoms with Gasteiger partial charge in [0.2, 0.25) is 30.6 Å². The molecule has 4 heterocycles. The van der Waals surface area contributed by atoms with Crippen molar-refractivity contribution >= 4 is 66.0 Å². The Bertz CT molecular complexity index is 1800. The van der Waals surface area contributed by atoms with Crippen LogP contribution >= 0.6 is 11.9 Å². The highest BCUT2D eigenvalue weighted by molar-refractivity contribution is 7.97. The summed E-state index contributed by atoms with van der Waals surface area (Å²) >= 11 is 1.92. The van der Waals surface area contributed by atoms with Gasteiger partial charge in [0.1, 0.15) is 12.1 Å². The first-order valence-electron chi connectivity index (χ1n) is 22.3. The van der Waals surface area contributed by atoms with Crippen LogP contribution in [0.2, 0.25) is 0 Å². The molecule has 14 nitrogen and oxygen atoms in total. The molecule has 2 saturated heterocycles. The molecular formula is C45H67N9O5S. The summed E-state index contributed by atoms with van der Waals surface area (Å²) in [6, 6.07) is 6.35. The molecule has 1 spiro atoms. The molecular weight excluding hydrogens is 779 g/mol. The highest BCUT2D eigenvalue weighted by atomic mass is 32.2. The number of carbonyl (C=O) groups excluding carboxylic acids is 5. The Morgan fingerprint density at radius 2 is 1.82 bits per heavy atom. The van der Waals surface area contributed by atoms with Crippen molar-refractivity contribution in [3.8, 4) is 0 Å². The average Bonchev–Trinajstić information content (AvgIpc) is 3.65. The Kier molecular flexibility index (Phi) is 15.9. The van der Waals surface area contributed by atoms with Crippen LogP contribution in [0.3, 0.4) is 0 Å². The van der Waals surface area contributed by atoms with Crippen molar-refractivity contribution in [2.24, 2.45) is 5.92 Å². The molecule has 4 atom stereocenters. The largest absolute Gasteiger partial charge is 0.363 e. The van der Waals surface area contributed by atoms with Gasteiger partial charge in [-0.2, -0.15) is 4.98 Å². The second-order valence-electron chi connectivity index (χ2n) is 17.4. The highest BCUT2D eigenvalue weighted by Gasteiger charge is 2.62. The number of fused-ring (bicyclic) bond motifs is 2. The number of amides is 4. The maximum atomic E-state index is 13.6. The van der Waals surface area contributed by atoms with Gasteiger partial charge in [-0.3, -0.25) is 28.4 Å². The normalized spacial score (nSPS) is 22.5. The van der Waals surface area contributed by atoms with E-state index >= 15 is 0 Å². The zero-order chi connectivity index (χ0) is 42.8. The van der Waals surface area contributed by atoms with E-state index in [0.29, 0.717) is 36.0 Å². The predicted molar refractivity (Wildman–Crippen MR) is 239 cm³/mol. The van der Waals surface area contributed by atoms with Crippen molar-refractivity contribution in [1.29, 1.82) is 0 Å². The molecule has 2 N–H and O–H groups in total. The minimum Gasteiger partial charge on any atom is -0.363 e. The number of aldehydes is 1. The lowest BCUT2D eigenvalue weighted by atomic mass is 10.0. The maximum absolute atomic E-state index is 13.6. The molecule has 15 heteroatoms. The minimum absolute atomic E-state index is 0.239. The molecule has 1 aromatic heterocycles. The summed E-state index contributed by atoms with van der Waals surface area (Å²) in [5.41, 5.74) is 3.50. The van der Waals surface area contributed by atoms with Gasteiger partial charge < -0.3 is 30.1 Å². The number of hydrogen-bond acceptors (Lipinski definition) is 11. The third-order valence-corrected chi connectivity index (χ3v) is 14.7. The summed E-state index contributed by atoms with van der Waals surface area (Å²) in [5, 5.41) is 6.29. The van der Waals surface area contributed by atoms with E-state index in [1.807, 2.05) is 42.2 Å². The number of nitrogens with zero attached hydrogens (tertiary/aromatic N) is 7. The van der Waals surface area contributed by atoms with E-state index in [4.69, 9.17) is 14.8 Å². The zero-order valence-electron chi connectivity index (χ0n) is 36.4. The number of piperidine rings is 1. The number of anilines is 4. The van der Waals surface area contributed by atoms with E-state index in [1.54, 1.807) is 19.0 Å². The summed E-state index contributed by atoms with van der Waals surface area (Å²) < 4.78 is 2.48. The summed E-state index contributed by atoms with van der Waals surface area (Å²) in [7, 11) is 5.25. The fourth-order valence-electron chi connectivity index (χ4n) is 9.65. The summed E-state index contributed by atoms with van der Waals surface area (Å²) in [6.07, 6.45) is 18.4. The van der Waals surface area contributed by atoms with Gasteiger partial charge >= 0.3 is 0 Å². The molecule has 328 valence electrons. The van der Waals surface area contributed by atoms with Crippen LogP contribution in [-0.4, -0.2) is 121 Å². The SMILES string of the molecule is CCCC(C=O)N(C)c1cccc(CCCCCC(=O)N2CCC(SN3CCC(Nc4ncc5c(n4)N(C4CCCC4C)C(=O)C54CC4)CC3)C2)c1N(C)C=O.CNC=O. The maximum Gasteiger partial charge on any atom is 0.239 e. The number of carbonyl (C=O) groups is 5. The van der Waals surface area contributed by atoms with Crippen molar-refractivity contribution in [2.45, 2.75) is 139 Å². The number of unbranched alkanes of at least 4 members (excludes halogenated alkanes) is 2. The molecule has 2 aromatic rings. The van der Waals surface area contributed by atoms with Crippen molar-refractivity contribution in [2.75, 3.05) is 67.3 Å². The second kappa shape index (κ2) is 21.0. The number of para-hydroxylation sites is 1. The van der Waals surface area contributed by atoms with Crippen LogP contribution in [0.25, 0.3) is 0 Å². The van der Waals surface area contributed by atoms with Crippen LogP contribution < -0.4 is 25.3 Å². The first kappa shape index (κ1) is 45.3. The molecule has 4 unspecified atom stereocenters. The van der Waals surface area contributed by atoms with Gasteiger partial charge in [-0.05, 0) is 88.2 Å². The van der Waals surface area contributed by atoms with Crippen LogP contribution in [0.15, 0.2) is 24.4 Å². The molecule has 60 heavy (non-hydrogen) atoms. The molecule has 5 aliphatic rings. The standard InChI is InChI=1S/C43H62N8O4S.C2H5NO/c1-5-11-33(28-52)48(4)37-16-10-14-31(39(37)47(3)29-53)13-7-6-8-17-38(54)49-23-20-34(27-49)56-50-24-18-32(19-25-50)45-42-44-26-35-40(46-42)51(36-15-9-12-30(36)2)41(55)43(35)21-22-43;1-3-2-4/h10,14,16,26,28-30,32-34,36H,5-9,11-13,15,17-25,27H2,1-4H3,(H,44,45,46);2H,1H3,(H,3,4). The van der Waals surface area contributed by atoms with Crippen LogP contribution in [0.4, 0.5) is 23.1 Å². The van der Waals surface area contributed by atoms with Crippen molar-refractivity contribution in [3.05, 3.63) is 35.5 Å². The lowest BCUT2D eigenvalue weighted by Crippen LogP contribution is -2.42. The first-order valence-corrected chi connectivity index (χ1v) is 23.2. The van der Waals surface area contributed by atoms with Gasteiger partial charge in [0.15, 0.2) is 0 Å². The van der Waals surface area contributed by atoms with Crippen molar-refractivity contribution in [1.82, 2.24) is 24.5 Å². The second-order valence-corrected chi connectivity index (χ2v) is 18.8. The molecule has 0 bridgehead atoms. The van der Waals surface area contributed by atoms with E-state index in [9.17, 15) is 19.2 Å². The number of likely N-dealkylation sites (N-methyl/N-ethyl adjacent to an activating group) is 1. The summed E-state index contributed by atoms with van der Waals surface area (Å²) in [4.78, 5) is 77.0. The van der Waals surface area contributed by atoms with E-state index in [1.165, 1.54) is 12.8 Å². The number of nitrogens with one attached hydrogen (secondary N) is 2. The number of rotatable bonds is 19. The van der Waals surface area contributed by atoms with E-state index < -0.39 is 0 Å². The summed E-state index contributed by atoms with van der Waals surface area (Å²) in [6.45, 7) is 7.93. The Balaban J connectivity index is 0.00000144. The fraction of sp³-hybridized carbons (Fsp3) is 0.667. The molecule has 1 aromatic carbocycles. The zero-order valence-corrected chi connectivity index (χ0v) is 37.3. The molecule has 4 fully saturated rings. The van der Waals surface area contributed by atoms with E-state index in [-0.39, 0.29) is 29.3 Å². The summed E-state index contributed by atoms with van der Waals surface area (Å²) in [5.74, 6) is 2.51. The Morgan fingerprint density at radius 1 is 1.05 bits per heavy atom. The molecule has 4 amide bonds. The van der Waals surface area contributed by atoms with Gasteiger partial charge in [0, 0.05) is 82.8 Å². The number of hydrogen-bond donors (Lipinski definition) is 2. The molecule has 3 aliphatic heterocycles. The quantitative estimate of drug-likeness (QED) is 0.101. The molecule has 7 rings (SSSR count). The number of aryl methyl sites for hydroxylation is 1. The first-order chi connectivity index (χ1) is 29.1. The van der Waals surface area contributed by atoms with Gasteiger partial charge in [-0.15, -0.1) is 0 Å². The predicted octanol–water partition coefficient (Wildman–Crippen LogP) is 5.73. The molecule has 2 saturated carbocycles. The van der Waals surface area contributed by atoms with Crippen LogP contribution in [-0.2, 0) is 35.8 Å². The van der Waals surface area contributed by atoms with Gasteiger partial charge in [-0.25, -0.2) is 4.98 Å². The third-order valence-electron chi connectivity index (χ3n) is 13.3. The van der Waals surface area contributed by atoms with Crippen molar-refractivity contribution in [3.63, 3.8) is 0 Å². The van der Waals surface area contributed by atoms with Gasteiger partial charge in [0.05, 0.1) is 22.8 Å². The fourth-order valence-corrected chi connectivity index (χ4v) is 10.9. The smallest absolute Gasteiger partial charge is 0.239 e. The average molecular weight is 846 g/mol. The molecule has 0 radical (unpaired) electrons. The van der Waals surface area contributed by atoms with E-state index in [0.717, 1.165) is 144 Å².